The van der Waals surface area contributed by atoms with Gasteiger partial charge in [-0.05, 0) is 24.4 Å². The molecule has 2 rings (SSSR count). The molecule has 0 radical (unpaired) electrons. The van der Waals surface area contributed by atoms with Crippen LogP contribution < -0.4 is 5.32 Å². The molecule has 0 bridgehead atoms. The highest BCUT2D eigenvalue weighted by molar-refractivity contribution is 7.09. The van der Waals surface area contributed by atoms with Gasteiger partial charge in [0.25, 0.3) is 5.69 Å². The zero-order valence-corrected chi connectivity index (χ0v) is 12.9. The molecule has 1 atom stereocenters. The molecule has 0 aliphatic heterocycles. The first-order valence-corrected chi connectivity index (χ1v) is 7.53. The molecule has 2 aromatic rings. The van der Waals surface area contributed by atoms with Crippen molar-refractivity contribution in [3.05, 3.63) is 54.7 Å². The number of hydrogen-bond acceptors (Lipinski definition) is 4. The number of rotatable bonds is 5. The molecular weight excluding hydrogens is 319 g/mol. The number of nitrogens with zero attached hydrogens (tertiary/aromatic N) is 1. The van der Waals surface area contributed by atoms with Crippen LogP contribution in [0.25, 0.3) is 0 Å². The number of hydrogen-bond donors (Lipinski definition) is 1. The van der Waals surface area contributed by atoms with Crippen LogP contribution in [0.3, 0.4) is 0 Å². The van der Waals surface area contributed by atoms with Gasteiger partial charge in [0.2, 0.25) is 0 Å². The van der Waals surface area contributed by atoms with Crippen molar-refractivity contribution in [2.75, 3.05) is 5.32 Å². The maximum Gasteiger partial charge on any atom is 0.293 e. The number of nitro benzene ring substituents is 1. The zero-order valence-electron chi connectivity index (χ0n) is 10.6. The van der Waals surface area contributed by atoms with Gasteiger partial charge in [-0.15, -0.1) is 11.3 Å². The lowest BCUT2D eigenvalue weighted by Gasteiger charge is -2.15. The van der Waals surface area contributed by atoms with Crippen molar-refractivity contribution >= 4 is 45.9 Å². The Balaban J connectivity index is 2.19. The van der Waals surface area contributed by atoms with Gasteiger partial charge in [0, 0.05) is 23.4 Å². The first-order chi connectivity index (χ1) is 9.47. The summed E-state index contributed by atoms with van der Waals surface area (Å²) >= 11 is 13.4. The minimum atomic E-state index is -0.470. The summed E-state index contributed by atoms with van der Waals surface area (Å²) in [5, 5.41) is 16.6. The summed E-state index contributed by atoms with van der Waals surface area (Å²) in [5.74, 6) is 0. The third-order valence-electron chi connectivity index (χ3n) is 2.72. The SMILES string of the molecule is CC(Cc1cccs1)Nc1cc(Cl)c(Cl)cc1[N+](=O)[O-]. The summed E-state index contributed by atoms with van der Waals surface area (Å²) in [4.78, 5) is 11.8. The van der Waals surface area contributed by atoms with Crippen molar-refractivity contribution in [1.29, 1.82) is 0 Å². The third-order valence-corrected chi connectivity index (χ3v) is 4.35. The predicted molar refractivity (Wildman–Crippen MR) is 84.2 cm³/mol. The molecule has 0 saturated carbocycles. The smallest absolute Gasteiger partial charge is 0.293 e. The second-order valence-corrected chi connectivity index (χ2v) is 6.22. The van der Waals surface area contributed by atoms with Crippen molar-refractivity contribution in [2.45, 2.75) is 19.4 Å². The number of anilines is 1. The predicted octanol–water partition coefficient (Wildman–Crippen LogP) is 5.01. The Morgan fingerprint density at radius 3 is 2.70 bits per heavy atom. The summed E-state index contributed by atoms with van der Waals surface area (Å²) in [7, 11) is 0. The van der Waals surface area contributed by atoms with Crippen LogP contribution in [0.4, 0.5) is 11.4 Å². The normalized spacial score (nSPS) is 12.2. The number of nitrogens with one attached hydrogen (secondary N) is 1. The topological polar surface area (TPSA) is 55.2 Å². The minimum absolute atomic E-state index is 0.0459. The van der Waals surface area contributed by atoms with E-state index in [9.17, 15) is 10.1 Å². The van der Waals surface area contributed by atoms with Crippen LogP contribution in [0.15, 0.2) is 29.6 Å². The average Bonchev–Trinajstić information content (AvgIpc) is 2.85. The van der Waals surface area contributed by atoms with E-state index in [1.165, 1.54) is 17.0 Å². The maximum atomic E-state index is 11.0. The lowest BCUT2D eigenvalue weighted by atomic mass is 10.2. The second-order valence-electron chi connectivity index (χ2n) is 4.37. The minimum Gasteiger partial charge on any atom is -0.377 e. The van der Waals surface area contributed by atoms with E-state index in [0.717, 1.165) is 6.42 Å². The number of halogens is 2. The van der Waals surface area contributed by atoms with Crippen LogP contribution in [0, 0.1) is 10.1 Å². The highest BCUT2D eigenvalue weighted by Gasteiger charge is 2.18. The standard InChI is InChI=1S/C13H12Cl2N2O2S/c1-8(5-9-3-2-4-20-9)16-12-6-10(14)11(15)7-13(12)17(18)19/h2-4,6-8,16H,5H2,1H3. The van der Waals surface area contributed by atoms with E-state index < -0.39 is 4.92 Å². The fraction of sp³-hybridized carbons (Fsp3) is 0.231. The highest BCUT2D eigenvalue weighted by Crippen LogP contribution is 2.34. The Labute approximate surface area is 130 Å². The van der Waals surface area contributed by atoms with Crippen molar-refractivity contribution in [2.24, 2.45) is 0 Å². The van der Waals surface area contributed by atoms with E-state index in [2.05, 4.69) is 5.32 Å². The van der Waals surface area contributed by atoms with Crippen LogP contribution in [-0.4, -0.2) is 11.0 Å². The summed E-state index contributed by atoms with van der Waals surface area (Å²) in [6.07, 6.45) is 0.787. The van der Waals surface area contributed by atoms with Crippen molar-refractivity contribution < 1.29 is 4.92 Å². The second kappa shape index (κ2) is 6.43. The Morgan fingerprint density at radius 1 is 1.40 bits per heavy atom. The Hall–Kier alpha value is -1.30. The fourth-order valence-electron chi connectivity index (χ4n) is 1.85. The molecule has 1 unspecified atom stereocenters. The van der Waals surface area contributed by atoms with Gasteiger partial charge in [0.1, 0.15) is 5.69 Å². The van der Waals surface area contributed by atoms with Gasteiger partial charge in [-0.25, -0.2) is 0 Å². The maximum absolute atomic E-state index is 11.0. The lowest BCUT2D eigenvalue weighted by Crippen LogP contribution is -2.18. The summed E-state index contributed by atoms with van der Waals surface area (Å²) in [6, 6.07) is 6.82. The largest absolute Gasteiger partial charge is 0.377 e. The lowest BCUT2D eigenvalue weighted by molar-refractivity contribution is -0.384. The summed E-state index contributed by atoms with van der Waals surface area (Å²) in [5.41, 5.74) is 0.311. The Kier molecular flexibility index (Phi) is 4.86. The molecule has 0 spiro atoms. The number of benzene rings is 1. The molecule has 0 saturated heterocycles. The van der Waals surface area contributed by atoms with E-state index in [1.807, 2.05) is 24.4 Å². The molecule has 1 N–H and O–H groups in total. The molecule has 0 amide bonds. The monoisotopic (exact) mass is 330 g/mol. The molecule has 0 aliphatic carbocycles. The third kappa shape index (κ3) is 3.62. The Morgan fingerprint density at radius 2 is 2.10 bits per heavy atom. The van der Waals surface area contributed by atoms with Crippen molar-refractivity contribution in [3.8, 4) is 0 Å². The molecule has 1 aromatic heterocycles. The average molecular weight is 331 g/mol. The summed E-state index contributed by atoms with van der Waals surface area (Å²) < 4.78 is 0. The van der Waals surface area contributed by atoms with E-state index in [4.69, 9.17) is 23.2 Å². The van der Waals surface area contributed by atoms with Crippen LogP contribution >= 0.6 is 34.5 Å². The number of nitro groups is 1. The first kappa shape index (κ1) is 15.1. The van der Waals surface area contributed by atoms with Gasteiger partial charge in [0.05, 0.1) is 15.0 Å². The summed E-state index contributed by atoms with van der Waals surface area (Å²) in [6.45, 7) is 1.96. The first-order valence-electron chi connectivity index (χ1n) is 5.89. The van der Waals surface area contributed by atoms with E-state index in [0.29, 0.717) is 10.7 Å². The van der Waals surface area contributed by atoms with Crippen LogP contribution in [0.5, 0.6) is 0 Å². The zero-order chi connectivity index (χ0) is 14.7. The molecule has 4 nitrogen and oxygen atoms in total. The molecule has 1 aromatic carbocycles. The van der Waals surface area contributed by atoms with Gasteiger partial charge in [0.15, 0.2) is 0 Å². The van der Waals surface area contributed by atoms with Gasteiger partial charge in [-0.2, -0.15) is 0 Å². The van der Waals surface area contributed by atoms with Crippen molar-refractivity contribution in [3.63, 3.8) is 0 Å². The van der Waals surface area contributed by atoms with Crippen LogP contribution in [-0.2, 0) is 6.42 Å². The molecular formula is C13H12Cl2N2O2S. The van der Waals surface area contributed by atoms with Crippen molar-refractivity contribution in [1.82, 2.24) is 0 Å². The molecule has 1 heterocycles. The molecule has 7 heteroatoms. The van der Waals surface area contributed by atoms with Gasteiger partial charge >= 0.3 is 0 Å². The quantitative estimate of drug-likeness (QED) is 0.619. The van der Waals surface area contributed by atoms with Crippen LogP contribution in [0.2, 0.25) is 10.0 Å². The van der Waals surface area contributed by atoms with Crippen LogP contribution in [0.1, 0.15) is 11.8 Å². The Bertz CT molecular complexity index is 617. The molecule has 106 valence electrons. The fourth-order valence-corrected chi connectivity index (χ4v) is 3.01. The van der Waals surface area contributed by atoms with E-state index in [1.54, 1.807) is 11.3 Å². The van der Waals surface area contributed by atoms with E-state index >= 15 is 0 Å². The number of thiophene rings is 1. The highest BCUT2D eigenvalue weighted by atomic mass is 35.5. The molecule has 0 fully saturated rings. The van der Waals surface area contributed by atoms with Gasteiger partial charge in [-0.3, -0.25) is 10.1 Å². The molecule has 0 aliphatic rings. The molecule has 20 heavy (non-hydrogen) atoms. The van der Waals surface area contributed by atoms with Gasteiger partial charge < -0.3 is 5.32 Å². The van der Waals surface area contributed by atoms with E-state index in [-0.39, 0.29) is 16.8 Å². The van der Waals surface area contributed by atoms with Gasteiger partial charge in [-0.1, -0.05) is 29.3 Å².